The van der Waals surface area contributed by atoms with Gasteiger partial charge in [-0.25, -0.2) is 0 Å². The molecule has 0 atom stereocenters. The van der Waals surface area contributed by atoms with Crippen molar-refractivity contribution in [1.29, 1.82) is 0 Å². The lowest BCUT2D eigenvalue weighted by Gasteiger charge is -2.11. The highest BCUT2D eigenvalue weighted by Crippen LogP contribution is 2.29. The van der Waals surface area contributed by atoms with E-state index >= 15 is 0 Å². The molecule has 0 bridgehead atoms. The summed E-state index contributed by atoms with van der Waals surface area (Å²) in [7, 11) is 0. The number of pyridine rings is 1. The van der Waals surface area contributed by atoms with Crippen LogP contribution in [0.4, 0.5) is 0 Å². The van der Waals surface area contributed by atoms with Gasteiger partial charge in [-0.05, 0) is 35.7 Å². The number of benzene rings is 1. The number of hydrogen-bond acceptors (Lipinski definition) is 2. The quantitative estimate of drug-likeness (QED) is 0.683. The Morgan fingerprint density at radius 2 is 2.06 bits per heavy atom. The van der Waals surface area contributed by atoms with Crippen LogP contribution in [-0.2, 0) is 0 Å². The molecule has 0 aliphatic rings. The molecule has 0 fully saturated rings. The number of hydrogen-bond donors (Lipinski definition) is 0. The van der Waals surface area contributed by atoms with Crippen molar-refractivity contribution >= 4 is 32.5 Å². The second-order valence-corrected chi connectivity index (χ2v) is 5.39. The Kier molecular flexibility index (Phi) is 2.40. The molecule has 0 N–H and O–H groups in total. The summed E-state index contributed by atoms with van der Waals surface area (Å²) in [4.78, 5) is 0. The lowest BCUT2D eigenvalue weighted by atomic mass is 9.99. The van der Waals surface area contributed by atoms with Crippen molar-refractivity contribution in [3.63, 3.8) is 0 Å². The van der Waals surface area contributed by atoms with E-state index in [0.29, 0.717) is 5.92 Å². The Labute approximate surface area is 108 Å². The van der Waals surface area contributed by atoms with Crippen LogP contribution in [0.25, 0.3) is 16.6 Å². The van der Waals surface area contributed by atoms with E-state index in [1.165, 1.54) is 10.9 Å². The molecule has 0 amide bonds. The molecule has 0 unspecified atom stereocenters. The fourth-order valence-electron chi connectivity index (χ4n) is 2.17. The molecule has 1 aromatic carbocycles. The molecular weight excluding hydrogens is 278 g/mol. The topological polar surface area (TPSA) is 30.2 Å². The molecule has 0 aliphatic carbocycles. The molecule has 2 heterocycles. The van der Waals surface area contributed by atoms with Crippen LogP contribution in [0.1, 0.15) is 25.3 Å². The third kappa shape index (κ3) is 1.63. The molecule has 0 radical (unpaired) electrons. The van der Waals surface area contributed by atoms with E-state index in [0.717, 1.165) is 15.6 Å². The van der Waals surface area contributed by atoms with Crippen molar-refractivity contribution < 1.29 is 0 Å². The van der Waals surface area contributed by atoms with Gasteiger partial charge in [0.15, 0.2) is 5.65 Å². The minimum atomic E-state index is 0.466. The summed E-state index contributed by atoms with van der Waals surface area (Å²) in [5.41, 5.74) is 3.37. The van der Waals surface area contributed by atoms with Gasteiger partial charge in [0, 0.05) is 9.86 Å². The number of nitrogens with zero attached hydrogens (tertiary/aromatic N) is 3. The highest BCUT2D eigenvalue weighted by Gasteiger charge is 2.10. The van der Waals surface area contributed by atoms with Crippen molar-refractivity contribution in [1.82, 2.24) is 14.6 Å². The van der Waals surface area contributed by atoms with Crippen LogP contribution in [-0.4, -0.2) is 14.6 Å². The van der Waals surface area contributed by atoms with Crippen molar-refractivity contribution in [3.05, 3.63) is 40.6 Å². The zero-order valence-corrected chi connectivity index (χ0v) is 11.3. The summed E-state index contributed by atoms with van der Waals surface area (Å²) in [5.74, 6) is 0.466. The lowest BCUT2D eigenvalue weighted by Crippen LogP contribution is -1.95. The van der Waals surface area contributed by atoms with E-state index < -0.39 is 0 Å². The summed E-state index contributed by atoms with van der Waals surface area (Å²) >= 11 is 3.53. The van der Waals surface area contributed by atoms with Gasteiger partial charge < -0.3 is 0 Å². The summed E-state index contributed by atoms with van der Waals surface area (Å²) in [6, 6.07) is 8.42. The van der Waals surface area contributed by atoms with Gasteiger partial charge in [-0.15, -0.1) is 10.2 Å². The molecule has 3 aromatic rings. The van der Waals surface area contributed by atoms with Crippen LogP contribution in [0.3, 0.4) is 0 Å². The third-order valence-electron chi connectivity index (χ3n) is 3.01. The van der Waals surface area contributed by atoms with Crippen LogP contribution < -0.4 is 0 Å². The summed E-state index contributed by atoms with van der Waals surface area (Å²) in [6.45, 7) is 4.39. The zero-order valence-electron chi connectivity index (χ0n) is 9.68. The molecule has 0 aliphatic heterocycles. The average Bonchev–Trinajstić information content (AvgIpc) is 2.75. The second kappa shape index (κ2) is 3.81. The molecule has 4 heteroatoms. The maximum Gasteiger partial charge on any atom is 0.161 e. The predicted molar refractivity (Wildman–Crippen MR) is 72.3 cm³/mol. The highest BCUT2D eigenvalue weighted by atomic mass is 79.9. The highest BCUT2D eigenvalue weighted by molar-refractivity contribution is 9.10. The van der Waals surface area contributed by atoms with E-state index in [9.17, 15) is 0 Å². The predicted octanol–water partition coefficient (Wildman–Crippen LogP) is 3.77. The summed E-state index contributed by atoms with van der Waals surface area (Å²) in [5, 5.41) is 9.36. The minimum Gasteiger partial charge on any atom is -0.281 e. The van der Waals surface area contributed by atoms with Gasteiger partial charge in [0.2, 0.25) is 0 Å². The molecule has 0 saturated carbocycles. The molecule has 86 valence electrons. The van der Waals surface area contributed by atoms with Gasteiger partial charge in [-0.1, -0.05) is 29.8 Å². The monoisotopic (exact) mass is 289 g/mol. The number of halogens is 1. The Bertz CT molecular complexity index is 700. The second-order valence-electron chi connectivity index (χ2n) is 4.47. The molecule has 0 spiro atoms. The van der Waals surface area contributed by atoms with E-state index in [4.69, 9.17) is 0 Å². The van der Waals surface area contributed by atoms with Crippen molar-refractivity contribution in [2.24, 2.45) is 0 Å². The fourth-order valence-corrected chi connectivity index (χ4v) is 2.53. The van der Waals surface area contributed by atoms with Gasteiger partial charge in [-0.3, -0.25) is 4.40 Å². The van der Waals surface area contributed by atoms with Gasteiger partial charge in [0.25, 0.3) is 0 Å². The Morgan fingerprint density at radius 3 is 2.82 bits per heavy atom. The normalized spacial score (nSPS) is 11.8. The van der Waals surface area contributed by atoms with E-state index in [-0.39, 0.29) is 0 Å². The fraction of sp³-hybridized carbons (Fsp3) is 0.231. The maximum atomic E-state index is 4.14. The molecule has 3 nitrogen and oxygen atoms in total. The SMILES string of the molecule is CC(C)c1cc2nncn2c2ccc(Br)cc12. The number of aromatic nitrogens is 3. The van der Waals surface area contributed by atoms with Gasteiger partial charge in [-0.2, -0.15) is 0 Å². The van der Waals surface area contributed by atoms with Crippen molar-refractivity contribution in [2.75, 3.05) is 0 Å². The standard InChI is InChI=1S/C13H12BrN3/c1-8(2)10-6-13-16-15-7-17(13)12-4-3-9(14)5-11(10)12/h3-8H,1-2H3. The van der Waals surface area contributed by atoms with Crippen LogP contribution in [0.2, 0.25) is 0 Å². The van der Waals surface area contributed by atoms with Crippen molar-refractivity contribution in [3.8, 4) is 0 Å². The molecule has 17 heavy (non-hydrogen) atoms. The van der Waals surface area contributed by atoms with Crippen LogP contribution >= 0.6 is 15.9 Å². The smallest absolute Gasteiger partial charge is 0.161 e. The van der Waals surface area contributed by atoms with Crippen molar-refractivity contribution in [2.45, 2.75) is 19.8 Å². The first-order valence-electron chi connectivity index (χ1n) is 5.58. The van der Waals surface area contributed by atoms with Gasteiger partial charge in [0.1, 0.15) is 6.33 Å². The van der Waals surface area contributed by atoms with Gasteiger partial charge in [0.05, 0.1) is 5.52 Å². The van der Waals surface area contributed by atoms with Crippen LogP contribution in [0, 0.1) is 0 Å². The molecule has 0 saturated heterocycles. The summed E-state index contributed by atoms with van der Waals surface area (Å²) < 4.78 is 3.12. The first kappa shape index (κ1) is 10.7. The third-order valence-corrected chi connectivity index (χ3v) is 3.50. The van der Waals surface area contributed by atoms with Crippen LogP contribution in [0.5, 0.6) is 0 Å². The average molecular weight is 290 g/mol. The van der Waals surface area contributed by atoms with Gasteiger partial charge >= 0.3 is 0 Å². The molecule has 3 rings (SSSR count). The number of fused-ring (bicyclic) bond motifs is 3. The maximum absolute atomic E-state index is 4.14. The minimum absolute atomic E-state index is 0.466. The lowest BCUT2D eigenvalue weighted by molar-refractivity contribution is 0.874. The first-order valence-corrected chi connectivity index (χ1v) is 6.38. The first-order chi connectivity index (χ1) is 8.16. The van der Waals surface area contributed by atoms with Crippen LogP contribution in [0.15, 0.2) is 35.1 Å². The Morgan fingerprint density at radius 1 is 1.24 bits per heavy atom. The Hall–Kier alpha value is -1.42. The Balaban J connectivity index is 2.53. The number of rotatable bonds is 1. The van der Waals surface area contributed by atoms with E-state index in [1.54, 1.807) is 6.33 Å². The molecular formula is C13H12BrN3. The molecule has 2 aromatic heterocycles. The van der Waals surface area contributed by atoms with E-state index in [2.05, 4.69) is 58.2 Å². The van der Waals surface area contributed by atoms with E-state index in [1.807, 2.05) is 10.5 Å². The zero-order chi connectivity index (χ0) is 12.0. The largest absolute Gasteiger partial charge is 0.281 e. The summed E-state index contributed by atoms with van der Waals surface area (Å²) in [6.07, 6.45) is 1.76.